The monoisotopic (exact) mass is 248 g/mol. The quantitative estimate of drug-likeness (QED) is 0.320. The van der Waals surface area contributed by atoms with Crippen molar-refractivity contribution in [1.82, 2.24) is 0 Å². The van der Waals surface area contributed by atoms with Crippen LogP contribution < -0.4 is 9.47 Å². The van der Waals surface area contributed by atoms with Gasteiger partial charge in [-0.3, -0.25) is 4.79 Å². The molecular weight excluding hydrogens is 228 g/mol. The molecule has 0 aliphatic heterocycles. The summed E-state index contributed by atoms with van der Waals surface area (Å²) in [4.78, 5) is 11.9. The number of carbonyl (C=O) groups is 1. The van der Waals surface area contributed by atoms with E-state index < -0.39 is 0 Å². The zero-order valence-electron chi connectivity index (χ0n) is 11.0. The average Bonchev–Trinajstić information content (AvgIpc) is 2.39. The second kappa shape index (κ2) is 7.54. The van der Waals surface area contributed by atoms with Crippen LogP contribution in [0.4, 0.5) is 0 Å². The largest absolute Gasteiger partial charge is 0.493 e. The van der Waals surface area contributed by atoms with E-state index >= 15 is 0 Å². The summed E-state index contributed by atoms with van der Waals surface area (Å²) >= 11 is 0. The Morgan fingerprint density at radius 1 is 1.39 bits per heavy atom. The van der Waals surface area contributed by atoms with Crippen molar-refractivity contribution in [3.05, 3.63) is 36.9 Å². The molecular formula is C15H20O3. The summed E-state index contributed by atoms with van der Waals surface area (Å²) in [6, 6.07) is 7.15. The molecule has 0 amide bonds. The minimum atomic E-state index is -0.219. The van der Waals surface area contributed by atoms with Crippen molar-refractivity contribution >= 4 is 5.97 Å². The van der Waals surface area contributed by atoms with Gasteiger partial charge in [-0.25, -0.2) is 0 Å². The van der Waals surface area contributed by atoms with Crippen LogP contribution in [0.2, 0.25) is 0 Å². The molecule has 1 aromatic rings. The Balaban J connectivity index is 2.55. The van der Waals surface area contributed by atoms with Crippen molar-refractivity contribution < 1.29 is 14.3 Å². The summed E-state index contributed by atoms with van der Waals surface area (Å²) in [5, 5.41) is 0. The fourth-order valence-corrected chi connectivity index (χ4v) is 1.60. The molecule has 0 aromatic heterocycles. The second-order valence-electron chi connectivity index (χ2n) is 4.19. The molecule has 0 fully saturated rings. The maximum absolute atomic E-state index is 11.9. The van der Waals surface area contributed by atoms with Gasteiger partial charge in [-0.1, -0.05) is 25.1 Å². The molecule has 1 unspecified atom stereocenters. The highest BCUT2D eigenvalue weighted by atomic mass is 16.6. The van der Waals surface area contributed by atoms with Crippen LogP contribution in [0.3, 0.4) is 0 Å². The Morgan fingerprint density at radius 2 is 2.06 bits per heavy atom. The van der Waals surface area contributed by atoms with Crippen LogP contribution in [0.5, 0.6) is 11.5 Å². The van der Waals surface area contributed by atoms with Crippen molar-refractivity contribution in [2.24, 2.45) is 5.92 Å². The number of rotatable bonds is 7. The summed E-state index contributed by atoms with van der Waals surface area (Å²) in [7, 11) is 1.56. The van der Waals surface area contributed by atoms with E-state index in [4.69, 9.17) is 9.47 Å². The first-order valence-corrected chi connectivity index (χ1v) is 6.14. The van der Waals surface area contributed by atoms with Crippen LogP contribution in [-0.2, 0) is 4.79 Å². The lowest BCUT2D eigenvalue weighted by atomic mass is 10.0. The molecule has 0 spiro atoms. The van der Waals surface area contributed by atoms with Gasteiger partial charge in [0.15, 0.2) is 11.5 Å². The number of carbonyl (C=O) groups excluding carboxylic acids is 1. The lowest BCUT2D eigenvalue weighted by Gasteiger charge is -2.12. The first-order chi connectivity index (χ1) is 8.69. The summed E-state index contributed by atoms with van der Waals surface area (Å²) in [5.41, 5.74) is 0. The van der Waals surface area contributed by atoms with Gasteiger partial charge < -0.3 is 9.47 Å². The number of unbranched alkanes of at least 4 members (excludes halogenated alkanes) is 1. The van der Waals surface area contributed by atoms with E-state index in [1.54, 1.807) is 19.2 Å². The van der Waals surface area contributed by atoms with E-state index in [0.29, 0.717) is 11.5 Å². The van der Waals surface area contributed by atoms with Crippen LogP contribution >= 0.6 is 0 Å². The Bertz CT molecular complexity index is 398. The molecule has 0 saturated heterocycles. The topological polar surface area (TPSA) is 35.5 Å². The lowest BCUT2D eigenvalue weighted by molar-refractivity contribution is -0.138. The Kier molecular flexibility index (Phi) is 5.98. The third-order valence-corrected chi connectivity index (χ3v) is 2.73. The third kappa shape index (κ3) is 4.24. The van der Waals surface area contributed by atoms with Crippen LogP contribution in [-0.4, -0.2) is 13.1 Å². The van der Waals surface area contributed by atoms with E-state index in [-0.39, 0.29) is 11.9 Å². The van der Waals surface area contributed by atoms with E-state index in [1.807, 2.05) is 25.1 Å². The van der Waals surface area contributed by atoms with Gasteiger partial charge in [-0.2, -0.15) is 0 Å². The number of ether oxygens (including phenoxy) is 2. The van der Waals surface area contributed by atoms with Crippen molar-refractivity contribution in [3.8, 4) is 11.5 Å². The smallest absolute Gasteiger partial charge is 0.314 e. The molecule has 0 aliphatic carbocycles. The van der Waals surface area contributed by atoms with Gasteiger partial charge in [0.1, 0.15) is 0 Å². The molecule has 1 atom stereocenters. The average molecular weight is 248 g/mol. The Labute approximate surface area is 108 Å². The fraction of sp³-hybridized carbons (Fsp3) is 0.400. The van der Waals surface area contributed by atoms with E-state index in [1.165, 1.54) is 0 Å². The molecule has 18 heavy (non-hydrogen) atoms. The Hall–Kier alpha value is -1.77. The highest BCUT2D eigenvalue weighted by Gasteiger charge is 2.16. The number of hydrogen-bond donors (Lipinski definition) is 0. The van der Waals surface area contributed by atoms with Gasteiger partial charge in [0.2, 0.25) is 0 Å². The predicted molar refractivity (Wildman–Crippen MR) is 71.8 cm³/mol. The maximum Gasteiger partial charge on any atom is 0.314 e. The number of hydrogen-bond acceptors (Lipinski definition) is 3. The van der Waals surface area contributed by atoms with Gasteiger partial charge in [0.25, 0.3) is 0 Å². The van der Waals surface area contributed by atoms with Crippen LogP contribution in [0.1, 0.15) is 26.2 Å². The van der Waals surface area contributed by atoms with Crippen molar-refractivity contribution in [2.45, 2.75) is 26.2 Å². The molecule has 0 bridgehead atoms. The maximum atomic E-state index is 11.9. The minimum Gasteiger partial charge on any atom is -0.493 e. The molecule has 0 saturated carbocycles. The van der Waals surface area contributed by atoms with Crippen molar-refractivity contribution in [1.29, 1.82) is 0 Å². The zero-order chi connectivity index (χ0) is 13.4. The van der Waals surface area contributed by atoms with Crippen LogP contribution in [0, 0.1) is 5.92 Å². The summed E-state index contributed by atoms with van der Waals surface area (Å²) < 4.78 is 10.5. The van der Waals surface area contributed by atoms with Crippen LogP contribution in [0.15, 0.2) is 36.9 Å². The summed E-state index contributed by atoms with van der Waals surface area (Å²) in [6.45, 7) is 5.54. The second-order valence-corrected chi connectivity index (χ2v) is 4.19. The van der Waals surface area contributed by atoms with Crippen LogP contribution in [0.25, 0.3) is 0 Å². The molecule has 1 rings (SSSR count). The van der Waals surface area contributed by atoms with Crippen molar-refractivity contribution in [3.63, 3.8) is 0 Å². The standard InChI is InChI=1S/C15H20O3/c1-4-5-6-9-12(2)15(16)18-14-11-8-7-10-13(14)17-3/h4,7-8,10-12H,1,5-6,9H2,2-3H3. The molecule has 1 aromatic carbocycles. The molecule has 0 heterocycles. The predicted octanol–water partition coefficient (Wildman–Crippen LogP) is 3.59. The number of esters is 1. The van der Waals surface area contributed by atoms with E-state index in [2.05, 4.69) is 6.58 Å². The van der Waals surface area contributed by atoms with Gasteiger partial charge in [0, 0.05) is 0 Å². The summed E-state index contributed by atoms with van der Waals surface area (Å²) in [5.74, 6) is 0.711. The van der Waals surface area contributed by atoms with E-state index in [9.17, 15) is 4.79 Å². The number of para-hydroxylation sites is 2. The van der Waals surface area contributed by atoms with Gasteiger partial charge in [0.05, 0.1) is 13.0 Å². The molecule has 0 aliphatic rings. The van der Waals surface area contributed by atoms with Gasteiger partial charge >= 0.3 is 5.97 Å². The Morgan fingerprint density at radius 3 is 2.67 bits per heavy atom. The highest BCUT2D eigenvalue weighted by Crippen LogP contribution is 2.27. The highest BCUT2D eigenvalue weighted by molar-refractivity contribution is 5.75. The molecule has 3 nitrogen and oxygen atoms in total. The lowest BCUT2D eigenvalue weighted by Crippen LogP contribution is -2.18. The number of allylic oxidation sites excluding steroid dienone is 1. The molecule has 3 heteroatoms. The normalized spacial score (nSPS) is 11.7. The zero-order valence-corrected chi connectivity index (χ0v) is 11.0. The first-order valence-electron chi connectivity index (χ1n) is 6.14. The third-order valence-electron chi connectivity index (χ3n) is 2.73. The SMILES string of the molecule is C=CCCCC(C)C(=O)Oc1ccccc1OC. The minimum absolute atomic E-state index is 0.116. The first kappa shape index (κ1) is 14.3. The summed E-state index contributed by atoms with van der Waals surface area (Å²) in [6.07, 6.45) is 4.54. The van der Waals surface area contributed by atoms with Gasteiger partial charge in [-0.05, 0) is 31.4 Å². The van der Waals surface area contributed by atoms with Gasteiger partial charge in [-0.15, -0.1) is 6.58 Å². The molecule has 98 valence electrons. The fourth-order valence-electron chi connectivity index (χ4n) is 1.60. The molecule has 0 N–H and O–H groups in total. The molecule has 0 radical (unpaired) electrons. The van der Waals surface area contributed by atoms with E-state index in [0.717, 1.165) is 19.3 Å². The van der Waals surface area contributed by atoms with Crippen molar-refractivity contribution in [2.75, 3.05) is 7.11 Å². The number of benzene rings is 1. The number of methoxy groups -OCH3 is 1.